The molecule has 0 aliphatic heterocycles. The summed E-state index contributed by atoms with van der Waals surface area (Å²) in [7, 11) is 6.22. The number of aromatic hydroxyl groups is 3. The van der Waals surface area contributed by atoms with Gasteiger partial charge in [-0.1, -0.05) is 82.3 Å². The molecule has 0 unspecified atom stereocenters. The van der Waals surface area contributed by atoms with Crippen molar-refractivity contribution in [3.63, 3.8) is 0 Å². The summed E-state index contributed by atoms with van der Waals surface area (Å²) in [6, 6.07) is 50.0. The molecule has 7 N–H and O–H groups in total. The molecular weight excluding hydrogens is 1520 g/mol. The topological polar surface area (TPSA) is 456 Å². The fraction of sp³-hybridized carbons (Fsp3) is 0.209. The number of carboxylic acid groups (broad SMARTS) is 2. The number of phenolic OH excluding ortho intramolecular Hbond substituents is 3. The summed E-state index contributed by atoms with van der Waals surface area (Å²) in [6.07, 6.45) is 0.988. The van der Waals surface area contributed by atoms with Crippen LogP contribution in [0, 0.1) is 5.41 Å². The highest BCUT2D eigenvalue weighted by Gasteiger charge is 2.25. The third-order valence-electron chi connectivity index (χ3n) is 13.7. The van der Waals surface area contributed by atoms with Crippen LogP contribution in [0.15, 0.2) is 206 Å². The van der Waals surface area contributed by atoms with E-state index in [1.165, 1.54) is 133 Å². The summed E-state index contributed by atoms with van der Waals surface area (Å²) in [6.45, 7) is 19.2. The molecule has 0 aliphatic rings. The van der Waals surface area contributed by atoms with Crippen LogP contribution in [0.1, 0.15) is 214 Å². The summed E-state index contributed by atoms with van der Waals surface area (Å²) < 4.78 is 38.2. The number of methoxy groups -OCH3 is 5. The maximum absolute atomic E-state index is 12.5. The van der Waals surface area contributed by atoms with E-state index in [2.05, 4.69) is 62.3 Å². The number of aldehydes is 2. The fourth-order valence-electron chi connectivity index (χ4n) is 8.22. The minimum absolute atomic E-state index is 0.00786. The maximum atomic E-state index is 12.5. The average molecular weight is 1610 g/mol. The number of rotatable bonds is 19. The molecule has 0 saturated carbocycles. The second-order valence-corrected chi connectivity index (χ2v) is 27.1. The Morgan fingerprint density at radius 2 is 0.581 bits per heavy atom. The molecule has 2 amide bonds. The number of carboxylic acids is 2. The smallest absolute Gasteiger partial charge is 0.343 e. The normalized spacial score (nSPS) is 10.2. The quantitative estimate of drug-likeness (QED) is 0.0130. The molecule has 0 radical (unpaired) electrons. The molecule has 0 fully saturated rings. The first-order valence-electron chi connectivity index (χ1n) is 34.5. The van der Waals surface area contributed by atoms with Gasteiger partial charge in [-0.3, -0.25) is 28.9 Å². The number of aromatic carboxylic acids is 2. The van der Waals surface area contributed by atoms with Crippen LogP contribution in [0.4, 0.5) is 0 Å². The van der Waals surface area contributed by atoms with Crippen molar-refractivity contribution in [3.05, 3.63) is 284 Å². The lowest BCUT2D eigenvalue weighted by atomic mass is 10.0. The number of benzene rings is 9. The van der Waals surface area contributed by atoms with Crippen LogP contribution in [0.25, 0.3) is 0 Å². The van der Waals surface area contributed by atoms with Crippen LogP contribution >= 0.6 is 0 Å². The van der Waals surface area contributed by atoms with E-state index in [0.29, 0.717) is 34.7 Å². The van der Waals surface area contributed by atoms with E-state index in [9.17, 15) is 77.3 Å². The Bertz CT molecular complexity index is 4940. The number of hydrogen-bond donors (Lipinski definition) is 7. The Kier molecular flexibility index (Phi) is 38.7. The number of nitrogens with one attached hydrogen (secondary N) is 2. The molecule has 31 heteroatoms. The molecule has 0 heterocycles. The lowest BCUT2D eigenvalue weighted by Crippen LogP contribution is -2.34. The van der Waals surface area contributed by atoms with Gasteiger partial charge in [0.2, 0.25) is 0 Å². The molecule has 9 aromatic rings. The maximum Gasteiger partial charge on any atom is 0.343 e. The van der Waals surface area contributed by atoms with Crippen molar-refractivity contribution in [2.45, 2.75) is 80.4 Å². The number of carbonyl (C=O) groups is 14. The van der Waals surface area contributed by atoms with Gasteiger partial charge in [0, 0.05) is 0 Å². The van der Waals surface area contributed by atoms with Crippen molar-refractivity contribution >= 4 is 84.1 Å². The largest absolute Gasteiger partial charge is 0.508 e. The van der Waals surface area contributed by atoms with Gasteiger partial charge in [0.05, 0.1) is 119 Å². The first-order valence-corrected chi connectivity index (χ1v) is 34.5. The Balaban J connectivity index is 0.000000366. The highest BCUT2D eigenvalue weighted by Crippen LogP contribution is 2.27. The number of amides is 2. The number of phenols is 3. The Morgan fingerprint density at radius 3 is 0.940 bits per heavy atom. The lowest BCUT2D eigenvalue weighted by Gasteiger charge is -2.19. The van der Waals surface area contributed by atoms with Gasteiger partial charge in [0.1, 0.15) is 40.1 Å². The highest BCUT2D eigenvalue weighted by molar-refractivity contribution is 6.03. The third kappa shape index (κ3) is 34.4. The molecule has 31 nitrogen and oxygen atoms in total. The van der Waals surface area contributed by atoms with Crippen LogP contribution in [0.5, 0.6) is 34.5 Å². The van der Waals surface area contributed by atoms with Crippen LogP contribution in [0.2, 0.25) is 0 Å². The first kappa shape index (κ1) is 96.5. The van der Waals surface area contributed by atoms with E-state index in [0.717, 1.165) is 18.2 Å². The van der Waals surface area contributed by atoms with E-state index >= 15 is 0 Å². The summed E-state index contributed by atoms with van der Waals surface area (Å²) >= 11 is 0. The summed E-state index contributed by atoms with van der Waals surface area (Å²) in [5.41, 5.74) is 5.38. The Hall–Kier alpha value is -14.7. The summed E-state index contributed by atoms with van der Waals surface area (Å²) in [4.78, 5) is 171. The van der Waals surface area contributed by atoms with Gasteiger partial charge >= 0.3 is 59.7 Å². The number of carbonyl (C=O) groups excluding carboxylic acids is 12. The minimum Gasteiger partial charge on any atom is -0.508 e. The van der Waals surface area contributed by atoms with Crippen molar-refractivity contribution in [1.29, 1.82) is 0 Å². The van der Waals surface area contributed by atoms with Crippen LogP contribution in [-0.4, -0.2) is 156 Å². The fourth-order valence-corrected chi connectivity index (χ4v) is 8.22. The number of esters is 8. The molecule has 0 atom stereocenters. The minimum atomic E-state index is -1.32. The van der Waals surface area contributed by atoms with Gasteiger partial charge < -0.3 is 63.4 Å². The van der Waals surface area contributed by atoms with Gasteiger partial charge in [0.15, 0.2) is 12.6 Å². The zero-order chi connectivity index (χ0) is 87.9. The second-order valence-electron chi connectivity index (χ2n) is 27.1. The van der Waals surface area contributed by atoms with Gasteiger partial charge in [0.25, 0.3) is 11.8 Å². The number of ether oxygens (including phenoxy) is 8. The molecule has 9 aromatic carbocycles. The van der Waals surface area contributed by atoms with E-state index in [-0.39, 0.29) is 95.7 Å². The summed E-state index contributed by atoms with van der Waals surface area (Å²) in [5.74, 6) is -8.95. The first-order chi connectivity index (χ1) is 55.0. The molecular formula is C86H88N2O29. The van der Waals surface area contributed by atoms with Crippen molar-refractivity contribution in [1.82, 2.24) is 11.0 Å². The zero-order valence-corrected chi connectivity index (χ0v) is 66.3. The van der Waals surface area contributed by atoms with Crippen molar-refractivity contribution < 1.29 is 140 Å². The van der Waals surface area contributed by atoms with E-state index < -0.39 is 82.7 Å². The Labute approximate surface area is 672 Å². The van der Waals surface area contributed by atoms with E-state index in [4.69, 9.17) is 39.2 Å². The van der Waals surface area contributed by atoms with Crippen LogP contribution in [-0.2, 0) is 33.4 Å². The average Bonchev–Trinajstić information content (AvgIpc) is 0.837. The SMILES string of the molecule is CC(C)(C)C.CC(C)(C)ONC(=O)c1cc(C(=O)O)ccc1O.COC(=O)c1ccc(O)c(C=O)c1.COC(=O)c1ccc(O)cc1.COC(=O)c1ccc(OC(=O)c2ccccc2)c(C(=O)NOC(C)(C)C)c1.COC(=O)c1ccc(OC(=O)c2ccccc2)c(C(=O)O)c1.COC(=O)c1ccc(OC(=O)c2ccccc2)c(C=O)c1. The van der Waals surface area contributed by atoms with Crippen molar-refractivity contribution in [3.8, 4) is 34.5 Å². The zero-order valence-electron chi connectivity index (χ0n) is 66.3. The molecule has 0 aromatic heterocycles. The second kappa shape index (κ2) is 47.0. The van der Waals surface area contributed by atoms with E-state index in [1.54, 1.807) is 133 Å². The molecule has 0 aliphatic carbocycles. The molecule has 0 spiro atoms. The standard InChI is InChI=1S/C20H21NO6.C16H12O6.C16H12O5.C12H15NO5.C9H8O4.C8H8O3.C5H12/c1-20(2,3)27-21-17(22)15-12-14(18(23)25-4)10-11-16(15)26-19(24)13-8-6-5-7-9-13;1-21-15(19)11-7-8-13(12(9-11)14(17)18)22-16(20)10-5-3-2-4-6-10;1-20-15(18)12-7-8-14(13(9-12)10-17)21-16(19)11-5-3-2-4-6-11;1-12(2,3)18-13-10(15)8-6-7(11(16)17)4-5-9(8)14;1-13-9(12)6-2-3-8(11)7(4-6)5-10;1-11-8(10)6-2-4-7(9)5-3-6;1-5(2,3)4/h5-12H,1-4H3,(H,21,22);2-9H,1H3,(H,17,18);2-10H,1H3;4-6,14H,1-3H3,(H,13,15)(H,16,17);2-5,11H,1H3;2-5,9H,1H3;1-4H3. The third-order valence-corrected chi connectivity index (χ3v) is 13.7. The molecule has 117 heavy (non-hydrogen) atoms. The Morgan fingerprint density at radius 1 is 0.299 bits per heavy atom. The molecule has 0 saturated heterocycles. The molecule has 9 rings (SSSR count). The van der Waals surface area contributed by atoms with Crippen LogP contribution in [0.3, 0.4) is 0 Å². The predicted molar refractivity (Wildman–Crippen MR) is 421 cm³/mol. The van der Waals surface area contributed by atoms with Gasteiger partial charge in [-0.15, -0.1) is 0 Å². The highest BCUT2D eigenvalue weighted by atomic mass is 16.7. The predicted octanol–water partition coefficient (Wildman–Crippen LogP) is 13.8. The molecule has 0 bridgehead atoms. The summed E-state index contributed by atoms with van der Waals surface area (Å²) in [5, 5.41) is 45.5. The van der Waals surface area contributed by atoms with Gasteiger partial charge in [-0.05, 0) is 199 Å². The lowest BCUT2D eigenvalue weighted by molar-refractivity contribution is -0.0590. The molecule has 616 valence electrons. The van der Waals surface area contributed by atoms with Crippen molar-refractivity contribution in [2.75, 3.05) is 35.5 Å². The van der Waals surface area contributed by atoms with Gasteiger partial charge in [-0.25, -0.2) is 58.9 Å². The van der Waals surface area contributed by atoms with Crippen LogP contribution < -0.4 is 25.2 Å². The van der Waals surface area contributed by atoms with Gasteiger partial charge in [-0.2, -0.15) is 0 Å². The van der Waals surface area contributed by atoms with Crippen molar-refractivity contribution in [2.24, 2.45) is 5.41 Å². The number of hydrogen-bond acceptors (Lipinski definition) is 27. The monoisotopic (exact) mass is 1610 g/mol. The number of hydroxylamine groups is 2. The van der Waals surface area contributed by atoms with E-state index in [1.807, 2.05) is 0 Å².